The fourth-order valence-corrected chi connectivity index (χ4v) is 4.20. The molecule has 0 radical (unpaired) electrons. The lowest BCUT2D eigenvalue weighted by Gasteiger charge is -2.25. The summed E-state index contributed by atoms with van der Waals surface area (Å²) in [5, 5.41) is 5.56. The number of alkyl halides is 3. The summed E-state index contributed by atoms with van der Waals surface area (Å²) in [6.07, 6.45) is -5.13. The van der Waals surface area contributed by atoms with Crippen LogP contribution in [0.2, 0.25) is 5.02 Å². The zero-order valence-electron chi connectivity index (χ0n) is 17.9. The smallest absolute Gasteiger partial charge is 0.450 e. The summed E-state index contributed by atoms with van der Waals surface area (Å²) < 4.78 is 45.2. The highest BCUT2D eigenvalue weighted by atomic mass is 79.9. The number of benzene rings is 2. The van der Waals surface area contributed by atoms with E-state index in [9.17, 15) is 27.6 Å². The Morgan fingerprint density at radius 3 is 2.26 bits per heavy atom. The minimum atomic E-state index is -5.13. The van der Waals surface area contributed by atoms with Crippen molar-refractivity contribution in [1.82, 2.24) is 10.6 Å². The largest absolute Gasteiger partial charge is 0.452 e. The molecule has 180 valence electrons. The molecule has 6 nitrogen and oxygen atoms in total. The van der Waals surface area contributed by atoms with Gasteiger partial charge in [-0.05, 0) is 45.6 Å². The van der Waals surface area contributed by atoms with Crippen molar-refractivity contribution < 1.29 is 32.0 Å². The van der Waals surface area contributed by atoms with Crippen LogP contribution in [0.25, 0.3) is 11.0 Å². The van der Waals surface area contributed by atoms with Gasteiger partial charge in [-0.15, -0.1) is 0 Å². The normalized spacial score (nSPS) is 13.5. The molecule has 2 atom stereocenters. The van der Waals surface area contributed by atoms with Crippen LogP contribution in [-0.2, 0) is 9.59 Å². The average Bonchev–Trinajstić information content (AvgIpc) is 3.19. The maximum absolute atomic E-state index is 13.0. The maximum Gasteiger partial charge on any atom is 0.452 e. The van der Waals surface area contributed by atoms with E-state index in [0.717, 1.165) is 0 Å². The van der Waals surface area contributed by atoms with Gasteiger partial charge in [0.1, 0.15) is 11.6 Å². The van der Waals surface area contributed by atoms with Gasteiger partial charge in [0, 0.05) is 10.4 Å². The Morgan fingerprint density at radius 2 is 1.68 bits per heavy atom. The van der Waals surface area contributed by atoms with Gasteiger partial charge in [0.25, 0.3) is 11.7 Å². The molecule has 34 heavy (non-hydrogen) atoms. The van der Waals surface area contributed by atoms with E-state index in [-0.39, 0.29) is 5.76 Å². The van der Waals surface area contributed by atoms with Crippen molar-refractivity contribution >= 4 is 56.1 Å². The summed E-state index contributed by atoms with van der Waals surface area (Å²) in [7, 11) is 0. The molecule has 0 fully saturated rings. The number of carbonyl (C=O) groups excluding carboxylic acids is 3. The number of Topliss-reactive ketones (excluding diaryl/α,β-unsaturated/α-hetero) is 1. The van der Waals surface area contributed by atoms with E-state index < -0.39 is 41.8 Å². The zero-order valence-corrected chi connectivity index (χ0v) is 20.2. The standard InChI is InChI=1S/C23H19BrClF3N2O4/c1-11(2)17(20(31)23(26,27)28)29-22(33)18(12-6-4-3-5-7-12)30-21(32)16-9-13-8-14(25)10-15(24)19(13)34-16/h3-11,17-18H,1-2H3,(H,29,33)(H,30,32)/t17-,18-/m0/s1. The van der Waals surface area contributed by atoms with E-state index in [2.05, 4.69) is 26.6 Å². The van der Waals surface area contributed by atoms with Crippen LogP contribution < -0.4 is 10.6 Å². The van der Waals surface area contributed by atoms with Crippen LogP contribution in [-0.4, -0.2) is 29.8 Å². The van der Waals surface area contributed by atoms with Gasteiger partial charge in [0.15, 0.2) is 5.76 Å². The van der Waals surface area contributed by atoms with Crippen molar-refractivity contribution in [3.8, 4) is 0 Å². The van der Waals surface area contributed by atoms with Gasteiger partial charge in [-0.2, -0.15) is 13.2 Å². The SMILES string of the molecule is CC(C)[C@H](NC(=O)[C@@H](NC(=O)c1cc2cc(Cl)cc(Br)c2o1)c1ccccc1)C(=O)C(F)(F)F. The third-order valence-corrected chi connectivity index (χ3v) is 5.76. The van der Waals surface area contributed by atoms with E-state index >= 15 is 0 Å². The fourth-order valence-electron chi connectivity index (χ4n) is 3.28. The molecule has 0 aliphatic heterocycles. The highest BCUT2D eigenvalue weighted by Crippen LogP contribution is 2.31. The highest BCUT2D eigenvalue weighted by molar-refractivity contribution is 9.10. The second-order valence-corrected chi connectivity index (χ2v) is 9.12. The molecule has 11 heteroatoms. The van der Waals surface area contributed by atoms with Gasteiger partial charge in [-0.3, -0.25) is 14.4 Å². The Kier molecular flexibility index (Phi) is 7.72. The van der Waals surface area contributed by atoms with Crippen molar-refractivity contribution in [2.45, 2.75) is 32.1 Å². The lowest BCUT2D eigenvalue weighted by atomic mass is 9.98. The molecule has 0 aliphatic rings. The number of amides is 2. The predicted molar refractivity (Wildman–Crippen MR) is 123 cm³/mol. The van der Waals surface area contributed by atoms with Gasteiger partial charge in [0.2, 0.25) is 5.91 Å². The van der Waals surface area contributed by atoms with Crippen molar-refractivity contribution in [2.75, 3.05) is 0 Å². The number of carbonyl (C=O) groups is 3. The number of hydrogen-bond donors (Lipinski definition) is 2. The van der Waals surface area contributed by atoms with Crippen molar-refractivity contribution in [1.29, 1.82) is 0 Å². The molecule has 2 N–H and O–H groups in total. The Morgan fingerprint density at radius 1 is 1.03 bits per heavy atom. The van der Waals surface area contributed by atoms with E-state index in [1.165, 1.54) is 32.0 Å². The fraction of sp³-hybridized carbons (Fsp3) is 0.261. The molecule has 0 saturated heterocycles. The molecule has 2 amide bonds. The lowest BCUT2D eigenvalue weighted by Crippen LogP contribution is -2.52. The van der Waals surface area contributed by atoms with Crippen molar-refractivity contribution in [3.05, 3.63) is 69.3 Å². The van der Waals surface area contributed by atoms with Gasteiger partial charge in [-0.1, -0.05) is 55.8 Å². The van der Waals surface area contributed by atoms with Crippen LogP contribution in [0.15, 0.2) is 57.4 Å². The van der Waals surface area contributed by atoms with Crippen LogP contribution in [0, 0.1) is 5.92 Å². The van der Waals surface area contributed by atoms with E-state index in [0.29, 0.717) is 26.0 Å². The van der Waals surface area contributed by atoms with Gasteiger partial charge in [0.05, 0.1) is 10.5 Å². The Bertz CT molecular complexity index is 1230. The average molecular weight is 560 g/mol. The first kappa shape index (κ1) is 25.8. The van der Waals surface area contributed by atoms with Crippen LogP contribution in [0.1, 0.15) is 36.0 Å². The van der Waals surface area contributed by atoms with Gasteiger partial charge in [-0.25, -0.2) is 0 Å². The summed E-state index contributed by atoms with van der Waals surface area (Å²) in [4.78, 5) is 37.8. The second-order valence-electron chi connectivity index (χ2n) is 7.83. The first-order valence-electron chi connectivity index (χ1n) is 10.0. The first-order chi connectivity index (χ1) is 15.9. The van der Waals surface area contributed by atoms with Crippen LogP contribution in [0.3, 0.4) is 0 Å². The van der Waals surface area contributed by atoms with Crippen LogP contribution in [0.4, 0.5) is 13.2 Å². The number of rotatable bonds is 7. The van der Waals surface area contributed by atoms with Gasteiger partial charge < -0.3 is 15.1 Å². The molecule has 1 aromatic heterocycles. The minimum Gasteiger partial charge on any atom is -0.450 e. The number of ketones is 1. The number of furan rings is 1. The second kappa shape index (κ2) is 10.2. The number of halogens is 5. The molecule has 0 saturated carbocycles. The molecule has 3 rings (SSSR count). The molecule has 3 aromatic rings. The molecular weight excluding hydrogens is 541 g/mol. The predicted octanol–water partition coefficient (Wildman–Crippen LogP) is 5.59. The van der Waals surface area contributed by atoms with E-state index in [4.69, 9.17) is 16.0 Å². The molecule has 0 unspecified atom stereocenters. The molecule has 0 spiro atoms. The Labute approximate surface area is 206 Å². The molecule has 1 heterocycles. The third kappa shape index (κ3) is 5.79. The molecular formula is C23H19BrClF3N2O4. The minimum absolute atomic E-state index is 0.140. The highest BCUT2D eigenvalue weighted by Gasteiger charge is 2.45. The summed E-state index contributed by atoms with van der Waals surface area (Å²) in [6.45, 7) is 2.75. The molecule has 2 aromatic carbocycles. The topological polar surface area (TPSA) is 88.4 Å². The summed E-state index contributed by atoms with van der Waals surface area (Å²) in [5.41, 5.74) is 0.654. The van der Waals surface area contributed by atoms with E-state index in [1.807, 2.05) is 0 Å². The summed E-state index contributed by atoms with van der Waals surface area (Å²) in [6, 6.07) is 9.29. The van der Waals surface area contributed by atoms with Crippen molar-refractivity contribution in [2.24, 2.45) is 5.92 Å². The molecule has 0 aliphatic carbocycles. The quantitative estimate of drug-likeness (QED) is 0.395. The van der Waals surface area contributed by atoms with E-state index in [1.54, 1.807) is 30.3 Å². The number of hydrogen-bond acceptors (Lipinski definition) is 4. The van der Waals surface area contributed by atoms with Crippen LogP contribution >= 0.6 is 27.5 Å². The Hall–Kier alpha value is -2.85. The van der Waals surface area contributed by atoms with Crippen molar-refractivity contribution in [3.63, 3.8) is 0 Å². The molecule has 0 bridgehead atoms. The number of fused-ring (bicyclic) bond motifs is 1. The lowest BCUT2D eigenvalue weighted by molar-refractivity contribution is -0.175. The maximum atomic E-state index is 13.0. The third-order valence-electron chi connectivity index (χ3n) is 4.96. The summed E-state index contributed by atoms with van der Waals surface area (Å²) in [5.74, 6) is -4.82. The zero-order chi connectivity index (χ0) is 25.2. The number of nitrogens with one attached hydrogen (secondary N) is 2. The van der Waals surface area contributed by atoms with Gasteiger partial charge >= 0.3 is 6.18 Å². The monoisotopic (exact) mass is 558 g/mol. The first-order valence-corrected chi connectivity index (χ1v) is 11.2. The van der Waals surface area contributed by atoms with Crippen LogP contribution in [0.5, 0.6) is 0 Å². The Balaban J connectivity index is 1.91. The summed E-state index contributed by atoms with van der Waals surface area (Å²) >= 11 is 9.31.